The number of rotatable bonds is 13. The number of anilines is 1. The average Bonchev–Trinajstić information content (AvgIpc) is 2.97. The first-order valence-electron chi connectivity index (χ1n) is 13.0. The summed E-state index contributed by atoms with van der Waals surface area (Å²) in [6.07, 6.45) is 0.248. The highest BCUT2D eigenvalue weighted by molar-refractivity contribution is 7.92. The second-order valence-corrected chi connectivity index (χ2v) is 11.8. The van der Waals surface area contributed by atoms with Crippen LogP contribution in [0.15, 0.2) is 65.6 Å². The predicted octanol–water partition coefficient (Wildman–Crippen LogP) is 5.29. The standard InChI is InChI=1S/C29H32Cl2FN3O6S/c1-5-25(29(37)33-6-2)34(17-19-7-13-23(30)24(31)15-19)28(36)18-35(21-10-8-20(32)9-11-21)42(38,39)22-12-14-26(40-3)27(16-22)41-4/h7-16,25H,5-6,17-18H2,1-4H3,(H,33,37). The van der Waals surface area contributed by atoms with Crippen molar-refractivity contribution in [3.05, 3.63) is 82.1 Å². The number of ether oxygens (including phenoxy) is 2. The van der Waals surface area contributed by atoms with Gasteiger partial charge in [0.15, 0.2) is 11.5 Å². The van der Waals surface area contributed by atoms with Gasteiger partial charge in [0.05, 0.1) is 34.8 Å². The molecule has 0 saturated heterocycles. The minimum Gasteiger partial charge on any atom is -0.493 e. The first kappa shape index (κ1) is 33.0. The molecule has 0 aromatic heterocycles. The van der Waals surface area contributed by atoms with Gasteiger partial charge in [-0.2, -0.15) is 0 Å². The Kier molecular flexibility index (Phi) is 11.4. The van der Waals surface area contributed by atoms with Crippen LogP contribution < -0.4 is 19.1 Å². The van der Waals surface area contributed by atoms with Crippen LogP contribution in [0, 0.1) is 5.82 Å². The molecule has 226 valence electrons. The molecule has 0 fully saturated rings. The largest absolute Gasteiger partial charge is 0.493 e. The molecule has 1 N–H and O–H groups in total. The summed E-state index contributed by atoms with van der Waals surface area (Å²) in [6, 6.07) is 12.6. The summed E-state index contributed by atoms with van der Waals surface area (Å²) in [6.45, 7) is 3.08. The average molecular weight is 641 g/mol. The Balaban J connectivity index is 2.10. The number of benzene rings is 3. The predicted molar refractivity (Wildman–Crippen MR) is 160 cm³/mol. The van der Waals surface area contributed by atoms with Crippen LogP contribution in [0.3, 0.4) is 0 Å². The normalized spacial score (nSPS) is 11.9. The fourth-order valence-electron chi connectivity index (χ4n) is 4.29. The van der Waals surface area contributed by atoms with Gasteiger partial charge in [-0.1, -0.05) is 36.2 Å². The molecule has 42 heavy (non-hydrogen) atoms. The topological polar surface area (TPSA) is 105 Å². The Morgan fingerprint density at radius 1 is 0.929 bits per heavy atom. The second kappa shape index (κ2) is 14.6. The Bertz CT molecular complexity index is 1520. The van der Waals surface area contributed by atoms with Crippen LogP contribution in [0.1, 0.15) is 25.8 Å². The van der Waals surface area contributed by atoms with E-state index in [-0.39, 0.29) is 34.3 Å². The van der Waals surface area contributed by atoms with Crippen LogP contribution >= 0.6 is 23.2 Å². The molecule has 0 aliphatic rings. The van der Waals surface area contributed by atoms with Crippen LogP contribution in [-0.2, 0) is 26.2 Å². The number of sulfonamides is 1. The van der Waals surface area contributed by atoms with Crippen LogP contribution in [0.4, 0.5) is 10.1 Å². The smallest absolute Gasteiger partial charge is 0.264 e. The lowest BCUT2D eigenvalue weighted by Gasteiger charge is -2.33. The number of nitrogens with one attached hydrogen (secondary N) is 1. The van der Waals surface area contributed by atoms with E-state index in [1.54, 1.807) is 32.0 Å². The van der Waals surface area contributed by atoms with E-state index in [0.717, 1.165) is 16.4 Å². The van der Waals surface area contributed by atoms with E-state index in [1.807, 2.05) is 0 Å². The zero-order valence-corrected chi connectivity index (χ0v) is 25.9. The SMILES string of the molecule is CCNC(=O)C(CC)N(Cc1ccc(Cl)c(Cl)c1)C(=O)CN(c1ccc(F)cc1)S(=O)(=O)c1ccc(OC)c(OC)c1. The Labute approximate surface area is 255 Å². The third kappa shape index (κ3) is 7.64. The molecule has 1 atom stereocenters. The highest BCUT2D eigenvalue weighted by Crippen LogP contribution is 2.32. The molecule has 0 heterocycles. The summed E-state index contributed by atoms with van der Waals surface area (Å²) >= 11 is 12.3. The first-order chi connectivity index (χ1) is 20.0. The number of amides is 2. The van der Waals surface area contributed by atoms with Crippen LogP contribution in [0.2, 0.25) is 10.0 Å². The van der Waals surface area contributed by atoms with Gasteiger partial charge in [0, 0.05) is 19.2 Å². The molecule has 9 nitrogen and oxygen atoms in total. The Hall–Kier alpha value is -3.54. The monoisotopic (exact) mass is 639 g/mol. The molecule has 0 aliphatic carbocycles. The van der Waals surface area contributed by atoms with Gasteiger partial charge < -0.3 is 19.7 Å². The van der Waals surface area contributed by atoms with E-state index in [0.29, 0.717) is 22.9 Å². The Morgan fingerprint density at radius 2 is 1.60 bits per heavy atom. The number of carbonyl (C=O) groups is 2. The third-order valence-electron chi connectivity index (χ3n) is 6.41. The van der Waals surface area contributed by atoms with Crippen LogP contribution in [0.5, 0.6) is 11.5 Å². The van der Waals surface area contributed by atoms with E-state index in [2.05, 4.69) is 5.32 Å². The van der Waals surface area contributed by atoms with E-state index >= 15 is 0 Å². The highest BCUT2D eigenvalue weighted by atomic mass is 35.5. The maximum absolute atomic E-state index is 14.0. The fourth-order valence-corrected chi connectivity index (χ4v) is 6.04. The van der Waals surface area contributed by atoms with Crippen molar-refractivity contribution in [2.75, 3.05) is 31.6 Å². The van der Waals surface area contributed by atoms with Gasteiger partial charge >= 0.3 is 0 Å². The summed E-state index contributed by atoms with van der Waals surface area (Å²) < 4.78 is 53.2. The van der Waals surface area contributed by atoms with Crippen molar-refractivity contribution in [3.8, 4) is 11.5 Å². The van der Waals surface area contributed by atoms with E-state index in [4.69, 9.17) is 32.7 Å². The summed E-state index contributed by atoms with van der Waals surface area (Å²) in [7, 11) is -1.64. The zero-order chi connectivity index (χ0) is 31.0. The molecule has 3 rings (SSSR count). The minimum atomic E-state index is -4.41. The van der Waals surface area contributed by atoms with Crippen molar-refractivity contribution in [1.82, 2.24) is 10.2 Å². The lowest BCUT2D eigenvalue weighted by Crippen LogP contribution is -2.52. The zero-order valence-electron chi connectivity index (χ0n) is 23.6. The van der Waals surface area contributed by atoms with Gasteiger partial charge in [0.1, 0.15) is 18.4 Å². The number of hydrogen-bond donors (Lipinski definition) is 1. The van der Waals surface area contributed by atoms with Gasteiger partial charge in [-0.3, -0.25) is 13.9 Å². The van der Waals surface area contributed by atoms with E-state index < -0.39 is 40.2 Å². The van der Waals surface area contributed by atoms with E-state index in [9.17, 15) is 22.4 Å². The fraction of sp³-hybridized carbons (Fsp3) is 0.310. The molecule has 0 saturated carbocycles. The highest BCUT2D eigenvalue weighted by Gasteiger charge is 2.34. The molecular formula is C29H32Cl2FN3O6S. The van der Waals surface area contributed by atoms with Gasteiger partial charge in [-0.25, -0.2) is 12.8 Å². The molecule has 1 unspecified atom stereocenters. The number of methoxy groups -OCH3 is 2. The molecule has 13 heteroatoms. The maximum Gasteiger partial charge on any atom is 0.264 e. The molecule has 0 spiro atoms. The molecule has 0 bridgehead atoms. The Morgan fingerprint density at radius 3 is 2.17 bits per heavy atom. The lowest BCUT2D eigenvalue weighted by atomic mass is 10.1. The molecule has 2 amide bonds. The number of carbonyl (C=O) groups excluding carboxylic acids is 2. The molecule has 0 radical (unpaired) electrons. The molecular weight excluding hydrogens is 608 g/mol. The van der Waals surface area contributed by atoms with Gasteiger partial charge in [0.25, 0.3) is 10.0 Å². The molecule has 3 aromatic carbocycles. The summed E-state index contributed by atoms with van der Waals surface area (Å²) in [5.74, 6) is -1.19. The van der Waals surface area contributed by atoms with Gasteiger partial charge in [0.2, 0.25) is 11.8 Å². The van der Waals surface area contributed by atoms with Crippen molar-refractivity contribution in [3.63, 3.8) is 0 Å². The van der Waals surface area contributed by atoms with Crippen LogP contribution in [0.25, 0.3) is 0 Å². The third-order valence-corrected chi connectivity index (χ3v) is 8.92. The second-order valence-electron chi connectivity index (χ2n) is 9.09. The van der Waals surface area contributed by atoms with Crippen molar-refractivity contribution >= 4 is 50.7 Å². The van der Waals surface area contributed by atoms with Gasteiger partial charge in [-0.15, -0.1) is 0 Å². The molecule has 3 aromatic rings. The van der Waals surface area contributed by atoms with Crippen molar-refractivity contribution in [2.24, 2.45) is 0 Å². The maximum atomic E-state index is 14.0. The van der Waals surface area contributed by atoms with Gasteiger partial charge in [-0.05, 0) is 67.4 Å². The van der Waals surface area contributed by atoms with Crippen molar-refractivity contribution < 1.29 is 31.9 Å². The quantitative estimate of drug-likeness (QED) is 0.273. The number of halogens is 3. The number of likely N-dealkylation sites (N-methyl/N-ethyl adjacent to an activating group) is 1. The summed E-state index contributed by atoms with van der Waals surface area (Å²) in [4.78, 5) is 28.2. The van der Waals surface area contributed by atoms with Crippen molar-refractivity contribution in [1.29, 1.82) is 0 Å². The van der Waals surface area contributed by atoms with Crippen molar-refractivity contribution in [2.45, 2.75) is 37.8 Å². The van der Waals surface area contributed by atoms with Crippen LogP contribution in [-0.4, -0.2) is 58.5 Å². The first-order valence-corrected chi connectivity index (χ1v) is 15.2. The molecule has 0 aliphatic heterocycles. The number of nitrogens with zero attached hydrogens (tertiary/aromatic N) is 2. The minimum absolute atomic E-state index is 0.0417. The number of hydrogen-bond acceptors (Lipinski definition) is 6. The summed E-state index contributed by atoms with van der Waals surface area (Å²) in [5, 5.41) is 3.31. The summed E-state index contributed by atoms with van der Waals surface area (Å²) in [5.41, 5.74) is 0.622. The lowest BCUT2D eigenvalue weighted by molar-refractivity contribution is -0.140. The van der Waals surface area contributed by atoms with E-state index in [1.165, 1.54) is 49.5 Å².